The van der Waals surface area contributed by atoms with Crippen molar-refractivity contribution in [3.05, 3.63) is 119 Å². The van der Waals surface area contributed by atoms with Crippen LogP contribution in [0, 0.1) is 0 Å². The molecule has 0 unspecified atom stereocenters. The predicted octanol–water partition coefficient (Wildman–Crippen LogP) is 8.51. The molecule has 0 saturated heterocycles. The SMILES string of the molecule is O=C(CCC(=O)c1ccc(Br)cc1)Nc1nc(-c2ccccc2)c(-c2ccc(-c3ccccc3)cc2)s1. The smallest absolute Gasteiger partial charge is 0.226 e. The molecule has 6 heteroatoms. The third kappa shape index (κ3) is 6.10. The fraction of sp³-hybridized carbons (Fsp3) is 0.0645. The minimum absolute atomic E-state index is 0.0639. The molecule has 0 fully saturated rings. The number of rotatable bonds is 8. The first-order valence-corrected chi connectivity index (χ1v) is 13.5. The van der Waals surface area contributed by atoms with Gasteiger partial charge in [-0.1, -0.05) is 124 Å². The quantitative estimate of drug-likeness (QED) is 0.191. The Labute approximate surface area is 228 Å². The zero-order chi connectivity index (χ0) is 25.6. The number of hydrogen-bond donors (Lipinski definition) is 1. The first-order chi connectivity index (χ1) is 18.1. The highest BCUT2D eigenvalue weighted by Gasteiger charge is 2.17. The molecule has 0 saturated carbocycles. The van der Waals surface area contributed by atoms with Crippen molar-refractivity contribution >= 4 is 44.1 Å². The van der Waals surface area contributed by atoms with Crippen LogP contribution in [0.4, 0.5) is 5.13 Å². The van der Waals surface area contributed by atoms with E-state index in [1.807, 2.05) is 60.7 Å². The molecule has 37 heavy (non-hydrogen) atoms. The second-order valence-electron chi connectivity index (χ2n) is 8.48. The van der Waals surface area contributed by atoms with Gasteiger partial charge >= 0.3 is 0 Å². The molecule has 0 aliphatic rings. The number of nitrogens with one attached hydrogen (secondary N) is 1. The highest BCUT2D eigenvalue weighted by atomic mass is 79.9. The number of thiazole rings is 1. The minimum atomic E-state index is -0.232. The monoisotopic (exact) mass is 566 g/mol. The average Bonchev–Trinajstić information content (AvgIpc) is 3.37. The Morgan fingerprint density at radius 2 is 1.24 bits per heavy atom. The van der Waals surface area contributed by atoms with E-state index < -0.39 is 0 Å². The Balaban J connectivity index is 1.35. The number of carbonyl (C=O) groups is 2. The molecule has 0 aliphatic heterocycles. The van der Waals surface area contributed by atoms with Gasteiger partial charge in [0.15, 0.2) is 10.9 Å². The van der Waals surface area contributed by atoms with E-state index in [0.29, 0.717) is 10.7 Å². The summed E-state index contributed by atoms with van der Waals surface area (Å²) in [5.41, 5.74) is 5.72. The molecule has 0 radical (unpaired) electrons. The van der Waals surface area contributed by atoms with Gasteiger partial charge in [-0.2, -0.15) is 0 Å². The molecule has 1 amide bonds. The van der Waals surface area contributed by atoms with Crippen molar-refractivity contribution in [3.63, 3.8) is 0 Å². The second-order valence-corrected chi connectivity index (χ2v) is 10.4. The number of carbonyl (C=O) groups excluding carboxylic acids is 2. The predicted molar refractivity (Wildman–Crippen MR) is 155 cm³/mol. The molecule has 0 aliphatic carbocycles. The van der Waals surface area contributed by atoms with Gasteiger partial charge in [-0.25, -0.2) is 4.98 Å². The van der Waals surface area contributed by atoms with E-state index in [1.165, 1.54) is 11.3 Å². The molecule has 1 heterocycles. The van der Waals surface area contributed by atoms with Crippen molar-refractivity contribution < 1.29 is 9.59 Å². The summed E-state index contributed by atoms with van der Waals surface area (Å²) in [6, 6.07) is 35.7. The van der Waals surface area contributed by atoms with E-state index in [2.05, 4.69) is 57.6 Å². The number of hydrogen-bond acceptors (Lipinski definition) is 4. The van der Waals surface area contributed by atoms with Crippen molar-refractivity contribution in [2.45, 2.75) is 12.8 Å². The normalized spacial score (nSPS) is 10.7. The Bertz CT molecular complexity index is 1510. The van der Waals surface area contributed by atoms with Gasteiger partial charge in [-0.05, 0) is 28.8 Å². The van der Waals surface area contributed by atoms with E-state index in [9.17, 15) is 9.59 Å². The van der Waals surface area contributed by atoms with Crippen molar-refractivity contribution in [2.75, 3.05) is 5.32 Å². The fourth-order valence-corrected chi connectivity index (χ4v) is 5.27. The highest BCUT2D eigenvalue weighted by Crippen LogP contribution is 2.39. The summed E-state index contributed by atoms with van der Waals surface area (Å²) in [5, 5.41) is 3.42. The molecule has 4 nitrogen and oxygen atoms in total. The van der Waals surface area contributed by atoms with Crippen LogP contribution >= 0.6 is 27.3 Å². The zero-order valence-electron chi connectivity index (χ0n) is 19.9. The lowest BCUT2D eigenvalue weighted by atomic mass is 10.0. The highest BCUT2D eigenvalue weighted by molar-refractivity contribution is 9.10. The molecule has 4 aromatic carbocycles. The summed E-state index contributed by atoms with van der Waals surface area (Å²) >= 11 is 4.80. The number of aromatic nitrogens is 1. The summed E-state index contributed by atoms with van der Waals surface area (Å²) in [6.45, 7) is 0. The van der Waals surface area contributed by atoms with Crippen LogP contribution in [0.3, 0.4) is 0 Å². The van der Waals surface area contributed by atoms with Gasteiger partial charge < -0.3 is 5.32 Å². The Morgan fingerprint density at radius 1 is 0.676 bits per heavy atom. The molecule has 0 bridgehead atoms. The van der Waals surface area contributed by atoms with Gasteiger partial charge in [-0.15, -0.1) is 0 Å². The number of anilines is 1. The number of Topliss-reactive ketones (excluding diaryl/α,β-unsaturated/α-hetero) is 1. The topological polar surface area (TPSA) is 59.1 Å². The van der Waals surface area contributed by atoms with E-state index in [-0.39, 0.29) is 24.5 Å². The van der Waals surface area contributed by atoms with Crippen molar-refractivity contribution in [1.29, 1.82) is 0 Å². The maximum absolute atomic E-state index is 12.7. The molecule has 5 rings (SSSR count). The molecule has 1 aromatic heterocycles. The van der Waals surface area contributed by atoms with Crippen molar-refractivity contribution in [1.82, 2.24) is 4.98 Å². The summed E-state index contributed by atoms with van der Waals surface area (Å²) in [5.74, 6) is -0.296. The lowest BCUT2D eigenvalue weighted by molar-refractivity contribution is -0.116. The maximum Gasteiger partial charge on any atom is 0.226 e. The van der Waals surface area contributed by atoms with Crippen LogP contribution in [0.1, 0.15) is 23.2 Å². The van der Waals surface area contributed by atoms with Gasteiger partial charge in [0, 0.05) is 28.4 Å². The molecule has 5 aromatic rings. The molecule has 1 N–H and O–H groups in total. The molecule has 0 spiro atoms. The molecular formula is C31H23BrN2O2S. The number of benzene rings is 4. The molecule has 182 valence electrons. The van der Waals surface area contributed by atoms with Crippen molar-refractivity contribution in [3.8, 4) is 32.8 Å². The third-order valence-electron chi connectivity index (χ3n) is 5.92. The zero-order valence-corrected chi connectivity index (χ0v) is 22.3. The van der Waals surface area contributed by atoms with Crippen LogP contribution in [0.2, 0.25) is 0 Å². The maximum atomic E-state index is 12.7. The number of halogens is 1. The van der Waals surface area contributed by atoms with Crippen LogP contribution in [0.15, 0.2) is 114 Å². The standard InChI is InChI=1S/C31H23BrN2O2S/c32-26-17-15-23(16-18-26)27(35)19-20-28(36)33-31-34-29(24-9-5-2-6-10-24)30(37-31)25-13-11-22(12-14-25)21-7-3-1-4-8-21/h1-18H,19-20H2,(H,33,34,36). The van der Waals surface area contributed by atoms with Crippen LogP contribution in [0.25, 0.3) is 32.8 Å². The van der Waals surface area contributed by atoms with Crippen LogP contribution in [0.5, 0.6) is 0 Å². The summed E-state index contributed by atoms with van der Waals surface area (Å²) in [7, 11) is 0. The average molecular weight is 568 g/mol. The van der Waals surface area contributed by atoms with Gasteiger partial charge in [0.2, 0.25) is 5.91 Å². The third-order valence-corrected chi connectivity index (χ3v) is 7.47. The first kappa shape index (κ1) is 24.8. The largest absolute Gasteiger partial charge is 0.302 e. The number of nitrogens with zero attached hydrogens (tertiary/aromatic N) is 1. The van der Waals surface area contributed by atoms with Crippen LogP contribution in [-0.2, 0) is 4.79 Å². The van der Waals surface area contributed by atoms with Gasteiger partial charge in [-0.3, -0.25) is 9.59 Å². The second kappa shape index (κ2) is 11.5. The van der Waals surface area contributed by atoms with Gasteiger partial charge in [0.1, 0.15) is 0 Å². The summed E-state index contributed by atoms with van der Waals surface area (Å²) in [6.07, 6.45) is 0.231. The lowest BCUT2D eigenvalue weighted by Crippen LogP contribution is -2.13. The molecular weight excluding hydrogens is 544 g/mol. The van der Waals surface area contributed by atoms with Crippen LogP contribution in [-0.4, -0.2) is 16.7 Å². The lowest BCUT2D eigenvalue weighted by Gasteiger charge is -2.05. The Kier molecular flexibility index (Phi) is 7.68. The van der Waals surface area contributed by atoms with E-state index in [1.54, 1.807) is 12.1 Å². The fourth-order valence-electron chi connectivity index (χ4n) is 3.99. The summed E-state index contributed by atoms with van der Waals surface area (Å²) < 4.78 is 0.908. The first-order valence-electron chi connectivity index (χ1n) is 11.9. The summed E-state index contributed by atoms with van der Waals surface area (Å²) in [4.78, 5) is 30.9. The van der Waals surface area contributed by atoms with Crippen LogP contribution < -0.4 is 5.32 Å². The number of amides is 1. The van der Waals surface area contributed by atoms with Gasteiger partial charge in [0.25, 0.3) is 0 Å². The van der Waals surface area contributed by atoms with E-state index in [4.69, 9.17) is 4.98 Å². The van der Waals surface area contributed by atoms with Crippen molar-refractivity contribution in [2.24, 2.45) is 0 Å². The number of ketones is 1. The minimum Gasteiger partial charge on any atom is -0.302 e. The molecule has 0 atom stereocenters. The van der Waals surface area contributed by atoms with E-state index in [0.717, 1.165) is 37.3 Å². The Morgan fingerprint density at radius 3 is 1.89 bits per heavy atom. The van der Waals surface area contributed by atoms with Gasteiger partial charge in [0.05, 0.1) is 10.6 Å². The Hall–Kier alpha value is -3.87. The van der Waals surface area contributed by atoms with E-state index >= 15 is 0 Å².